The molecule has 3 rings (SSSR count). The Hall–Kier alpha value is -1.78. The summed E-state index contributed by atoms with van der Waals surface area (Å²) >= 11 is 0. The number of hydrogen-bond donors (Lipinski definition) is 1. The van der Waals surface area contributed by atoms with Gasteiger partial charge >= 0.3 is 0 Å². The minimum absolute atomic E-state index is 0.0538. The van der Waals surface area contributed by atoms with Crippen molar-refractivity contribution in [3.63, 3.8) is 0 Å². The minimum atomic E-state index is -0.822. The number of rotatable bonds is 3. The highest BCUT2D eigenvalue weighted by molar-refractivity contribution is 5.31. The van der Waals surface area contributed by atoms with Gasteiger partial charge in [0.25, 0.3) is 0 Å². The second-order valence-corrected chi connectivity index (χ2v) is 5.33. The van der Waals surface area contributed by atoms with E-state index in [0.29, 0.717) is 13.2 Å². The number of fused-ring (bicyclic) bond motifs is 1. The third kappa shape index (κ3) is 2.96. The van der Waals surface area contributed by atoms with Gasteiger partial charge in [-0.25, -0.2) is 8.78 Å². The highest BCUT2D eigenvalue weighted by Crippen LogP contribution is 2.27. The maximum atomic E-state index is 13.3. The largest absolute Gasteiger partial charge is 0.375 e. The van der Waals surface area contributed by atoms with Crippen molar-refractivity contribution in [2.24, 2.45) is 0 Å². The molecule has 2 unspecified atom stereocenters. The van der Waals surface area contributed by atoms with Crippen molar-refractivity contribution in [1.82, 2.24) is 5.32 Å². The molecular weight excluding hydrogens is 272 g/mol. The summed E-state index contributed by atoms with van der Waals surface area (Å²) in [4.78, 5) is 0. The molecule has 21 heavy (non-hydrogen) atoms. The molecule has 0 bridgehead atoms. The predicted octanol–water partition coefficient (Wildman–Crippen LogP) is 3.89. The standard InChI is InChI=1S/C17H17F2NO/c1-11(12-6-7-15(18)16(19)8-12)20-17-10-21-9-13-4-2-3-5-14(13)17/h2-8,11,17,20H,9-10H2,1H3. The van der Waals surface area contributed by atoms with E-state index in [1.54, 1.807) is 6.07 Å². The van der Waals surface area contributed by atoms with Crippen molar-refractivity contribution >= 4 is 0 Å². The summed E-state index contributed by atoms with van der Waals surface area (Å²) in [6.45, 7) is 3.13. The average molecular weight is 289 g/mol. The van der Waals surface area contributed by atoms with Gasteiger partial charge in [-0.15, -0.1) is 0 Å². The van der Waals surface area contributed by atoms with Crippen LogP contribution in [0.25, 0.3) is 0 Å². The Morgan fingerprint density at radius 1 is 1.14 bits per heavy atom. The Morgan fingerprint density at radius 3 is 2.76 bits per heavy atom. The van der Waals surface area contributed by atoms with E-state index in [9.17, 15) is 8.78 Å². The van der Waals surface area contributed by atoms with E-state index < -0.39 is 11.6 Å². The van der Waals surface area contributed by atoms with Crippen LogP contribution in [0, 0.1) is 11.6 Å². The summed E-state index contributed by atoms with van der Waals surface area (Å²) in [7, 11) is 0. The molecule has 110 valence electrons. The van der Waals surface area contributed by atoms with E-state index in [0.717, 1.165) is 11.6 Å². The van der Waals surface area contributed by atoms with Gasteiger partial charge in [0.15, 0.2) is 11.6 Å². The Labute approximate surface area is 122 Å². The second-order valence-electron chi connectivity index (χ2n) is 5.33. The molecule has 1 aliphatic heterocycles. The fourth-order valence-corrected chi connectivity index (χ4v) is 2.70. The first kappa shape index (κ1) is 14.2. The van der Waals surface area contributed by atoms with Gasteiger partial charge in [-0.2, -0.15) is 0 Å². The Balaban J connectivity index is 1.79. The summed E-state index contributed by atoms with van der Waals surface area (Å²) in [5, 5.41) is 3.42. The average Bonchev–Trinajstić information content (AvgIpc) is 2.50. The normalized spacial score (nSPS) is 19.1. The van der Waals surface area contributed by atoms with Crippen LogP contribution in [-0.2, 0) is 11.3 Å². The third-order valence-electron chi connectivity index (χ3n) is 3.87. The van der Waals surface area contributed by atoms with Gasteiger partial charge in [0.2, 0.25) is 0 Å². The quantitative estimate of drug-likeness (QED) is 0.925. The minimum Gasteiger partial charge on any atom is -0.375 e. The number of halogens is 2. The lowest BCUT2D eigenvalue weighted by Crippen LogP contribution is -2.31. The molecule has 0 radical (unpaired) electrons. The summed E-state index contributed by atoms with van der Waals surface area (Å²) in [6.07, 6.45) is 0. The van der Waals surface area contributed by atoms with Crippen LogP contribution in [-0.4, -0.2) is 6.61 Å². The third-order valence-corrected chi connectivity index (χ3v) is 3.87. The molecule has 0 aromatic heterocycles. The number of benzene rings is 2. The van der Waals surface area contributed by atoms with Gasteiger partial charge in [0, 0.05) is 6.04 Å². The summed E-state index contributed by atoms with van der Waals surface area (Å²) in [5.74, 6) is -1.64. The van der Waals surface area contributed by atoms with Crippen molar-refractivity contribution in [1.29, 1.82) is 0 Å². The van der Waals surface area contributed by atoms with E-state index in [-0.39, 0.29) is 12.1 Å². The van der Waals surface area contributed by atoms with E-state index >= 15 is 0 Å². The van der Waals surface area contributed by atoms with Crippen LogP contribution < -0.4 is 5.32 Å². The summed E-state index contributed by atoms with van der Waals surface area (Å²) in [6, 6.07) is 12.1. The van der Waals surface area contributed by atoms with Gasteiger partial charge in [-0.3, -0.25) is 0 Å². The molecule has 0 aliphatic carbocycles. The first-order chi connectivity index (χ1) is 10.1. The summed E-state index contributed by atoms with van der Waals surface area (Å²) < 4.78 is 31.9. The SMILES string of the molecule is CC(NC1COCc2ccccc21)c1ccc(F)c(F)c1. The van der Waals surface area contributed by atoms with Crippen molar-refractivity contribution in [2.75, 3.05) is 6.61 Å². The van der Waals surface area contributed by atoms with Crippen LogP contribution in [0.3, 0.4) is 0 Å². The molecule has 2 aromatic carbocycles. The molecule has 1 heterocycles. The lowest BCUT2D eigenvalue weighted by Gasteiger charge is -2.29. The van der Waals surface area contributed by atoms with Crippen LogP contribution in [0.4, 0.5) is 8.78 Å². The zero-order valence-electron chi connectivity index (χ0n) is 11.8. The topological polar surface area (TPSA) is 21.3 Å². The molecule has 2 aromatic rings. The van der Waals surface area contributed by atoms with E-state index in [4.69, 9.17) is 4.74 Å². The van der Waals surface area contributed by atoms with E-state index in [1.165, 1.54) is 17.2 Å². The fourth-order valence-electron chi connectivity index (χ4n) is 2.70. The van der Waals surface area contributed by atoms with E-state index in [2.05, 4.69) is 11.4 Å². The molecule has 0 saturated carbocycles. The predicted molar refractivity (Wildman–Crippen MR) is 76.7 cm³/mol. The molecule has 1 N–H and O–H groups in total. The molecule has 0 amide bonds. The molecule has 0 fully saturated rings. The monoisotopic (exact) mass is 289 g/mol. The van der Waals surface area contributed by atoms with Crippen LogP contribution in [0.15, 0.2) is 42.5 Å². The highest BCUT2D eigenvalue weighted by atomic mass is 19.2. The fraction of sp³-hybridized carbons (Fsp3) is 0.294. The molecule has 4 heteroatoms. The van der Waals surface area contributed by atoms with Gasteiger partial charge in [-0.05, 0) is 35.7 Å². The second kappa shape index (κ2) is 5.92. The zero-order chi connectivity index (χ0) is 14.8. The first-order valence-electron chi connectivity index (χ1n) is 7.01. The smallest absolute Gasteiger partial charge is 0.159 e. The Kier molecular flexibility index (Phi) is 3.99. The Morgan fingerprint density at radius 2 is 1.95 bits per heavy atom. The lowest BCUT2D eigenvalue weighted by atomic mass is 9.97. The summed E-state index contributed by atoms with van der Waals surface area (Å²) in [5.41, 5.74) is 3.09. The van der Waals surface area contributed by atoms with Crippen molar-refractivity contribution in [2.45, 2.75) is 25.6 Å². The van der Waals surface area contributed by atoms with Gasteiger partial charge in [-0.1, -0.05) is 30.3 Å². The number of nitrogens with one attached hydrogen (secondary N) is 1. The molecular formula is C17H17F2NO. The van der Waals surface area contributed by atoms with Crippen LogP contribution in [0.1, 0.15) is 35.7 Å². The molecule has 2 atom stereocenters. The molecule has 2 nitrogen and oxygen atoms in total. The number of hydrogen-bond acceptors (Lipinski definition) is 2. The molecule has 0 saturated heterocycles. The maximum absolute atomic E-state index is 13.3. The lowest BCUT2D eigenvalue weighted by molar-refractivity contribution is 0.0791. The molecule has 1 aliphatic rings. The zero-order valence-corrected chi connectivity index (χ0v) is 11.8. The Bertz CT molecular complexity index is 644. The van der Waals surface area contributed by atoms with Gasteiger partial charge in [0.1, 0.15) is 0 Å². The van der Waals surface area contributed by atoms with Crippen LogP contribution >= 0.6 is 0 Å². The van der Waals surface area contributed by atoms with Crippen molar-refractivity contribution in [3.8, 4) is 0 Å². The van der Waals surface area contributed by atoms with Crippen molar-refractivity contribution < 1.29 is 13.5 Å². The number of ether oxygens (including phenoxy) is 1. The van der Waals surface area contributed by atoms with Crippen molar-refractivity contribution in [3.05, 3.63) is 70.8 Å². The molecule has 0 spiro atoms. The first-order valence-corrected chi connectivity index (χ1v) is 7.01. The van der Waals surface area contributed by atoms with Crippen LogP contribution in [0.5, 0.6) is 0 Å². The van der Waals surface area contributed by atoms with E-state index in [1.807, 2.05) is 25.1 Å². The maximum Gasteiger partial charge on any atom is 0.159 e. The van der Waals surface area contributed by atoms with Crippen LogP contribution in [0.2, 0.25) is 0 Å². The van der Waals surface area contributed by atoms with Gasteiger partial charge in [0.05, 0.1) is 19.3 Å². The highest BCUT2D eigenvalue weighted by Gasteiger charge is 2.22. The van der Waals surface area contributed by atoms with Gasteiger partial charge < -0.3 is 10.1 Å².